The van der Waals surface area contributed by atoms with E-state index in [-0.39, 0.29) is 5.95 Å². The van der Waals surface area contributed by atoms with Gasteiger partial charge in [0.25, 0.3) is 5.95 Å². The number of anilines is 1. The van der Waals surface area contributed by atoms with Crippen molar-refractivity contribution in [2.45, 2.75) is 6.92 Å². The van der Waals surface area contributed by atoms with E-state index in [1.54, 1.807) is 25.1 Å². The molecule has 16 heavy (non-hydrogen) atoms. The van der Waals surface area contributed by atoms with Crippen LogP contribution in [0.25, 0.3) is 11.3 Å². The molecule has 2 rings (SSSR count). The Balaban J connectivity index is 2.63. The first kappa shape index (κ1) is 11.2. The van der Waals surface area contributed by atoms with Crippen LogP contribution in [-0.4, -0.2) is 5.11 Å². The van der Waals surface area contributed by atoms with E-state index in [1.807, 2.05) is 0 Å². The minimum absolute atomic E-state index is 0.196. The molecule has 1 heterocycles. The standard InChI is InChI=1S/C11H9Cl2NO2/c1-5-9(14)10(16-11(5)15)7-3-2-6(12)4-8(7)13/h2-4,15H,14H2,1H3. The van der Waals surface area contributed by atoms with E-state index >= 15 is 0 Å². The third-order valence-electron chi connectivity index (χ3n) is 2.34. The van der Waals surface area contributed by atoms with Crippen molar-refractivity contribution in [1.29, 1.82) is 0 Å². The Hall–Kier alpha value is -1.32. The first-order chi connectivity index (χ1) is 7.50. The van der Waals surface area contributed by atoms with Crippen molar-refractivity contribution in [3.8, 4) is 17.3 Å². The lowest BCUT2D eigenvalue weighted by Crippen LogP contribution is -1.88. The Morgan fingerprint density at radius 1 is 1.31 bits per heavy atom. The summed E-state index contributed by atoms with van der Waals surface area (Å²) in [6, 6.07) is 4.96. The van der Waals surface area contributed by atoms with Crippen LogP contribution in [0.4, 0.5) is 5.69 Å². The SMILES string of the molecule is Cc1c(O)oc(-c2ccc(Cl)cc2Cl)c1N. The van der Waals surface area contributed by atoms with Gasteiger partial charge in [0.05, 0.1) is 16.3 Å². The average molecular weight is 258 g/mol. The van der Waals surface area contributed by atoms with Crippen LogP contribution >= 0.6 is 23.2 Å². The largest absolute Gasteiger partial charge is 0.480 e. The maximum absolute atomic E-state index is 9.41. The summed E-state index contributed by atoms with van der Waals surface area (Å²) in [4.78, 5) is 0. The second-order valence-corrected chi connectivity index (χ2v) is 4.24. The van der Waals surface area contributed by atoms with Crippen molar-refractivity contribution in [3.63, 3.8) is 0 Å². The van der Waals surface area contributed by atoms with Crippen molar-refractivity contribution in [1.82, 2.24) is 0 Å². The molecule has 1 aromatic heterocycles. The predicted molar refractivity (Wildman–Crippen MR) is 65.0 cm³/mol. The first-order valence-corrected chi connectivity index (χ1v) is 5.29. The summed E-state index contributed by atoms with van der Waals surface area (Å²) in [6.45, 7) is 1.67. The molecule has 0 bridgehead atoms. The van der Waals surface area contributed by atoms with E-state index in [2.05, 4.69) is 0 Å². The smallest absolute Gasteiger partial charge is 0.287 e. The Morgan fingerprint density at radius 3 is 2.50 bits per heavy atom. The Bertz CT molecular complexity index is 549. The van der Waals surface area contributed by atoms with E-state index in [0.717, 1.165) is 0 Å². The quantitative estimate of drug-likeness (QED) is 0.816. The van der Waals surface area contributed by atoms with Gasteiger partial charge in [-0.25, -0.2) is 0 Å². The molecule has 0 amide bonds. The number of benzene rings is 1. The molecule has 84 valence electrons. The normalized spacial score (nSPS) is 10.7. The molecule has 0 aliphatic carbocycles. The minimum Gasteiger partial charge on any atom is -0.480 e. The van der Waals surface area contributed by atoms with E-state index in [0.29, 0.717) is 32.6 Å². The lowest BCUT2D eigenvalue weighted by molar-refractivity contribution is 0.334. The number of nitrogens with two attached hydrogens (primary N) is 1. The third kappa shape index (κ3) is 1.72. The zero-order chi connectivity index (χ0) is 11.9. The van der Waals surface area contributed by atoms with Gasteiger partial charge in [-0.1, -0.05) is 23.2 Å². The fraction of sp³-hybridized carbons (Fsp3) is 0.0909. The molecule has 2 aromatic rings. The van der Waals surface area contributed by atoms with E-state index < -0.39 is 0 Å². The summed E-state index contributed by atoms with van der Waals surface area (Å²) in [7, 11) is 0. The van der Waals surface area contributed by atoms with Gasteiger partial charge in [0.15, 0.2) is 5.76 Å². The van der Waals surface area contributed by atoms with Crippen LogP contribution in [0.2, 0.25) is 10.0 Å². The summed E-state index contributed by atoms with van der Waals surface area (Å²) in [5.41, 5.74) is 7.28. The number of hydrogen-bond donors (Lipinski definition) is 2. The second-order valence-electron chi connectivity index (χ2n) is 3.40. The molecule has 0 atom stereocenters. The summed E-state index contributed by atoms with van der Waals surface area (Å²) in [6.07, 6.45) is 0. The van der Waals surface area contributed by atoms with Crippen LogP contribution in [0.1, 0.15) is 5.56 Å². The molecule has 0 fully saturated rings. The average Bonchev–Trinajstić information content (AvgIpc) is 2.46. The fourth-order valence-corrected chi connectivity index (χ4v) is 1.88. The van der Waals surface area contributed by atoms with Crippen LogP contribution in [-0.2, 0) is 0 Å². The van der Waals surface area contributed by atoms with E-state index in [4.69, 9.17) is 33.4 Å². The molecule has 1 aromatic carbocycles. The van der Waals surface area contributed by atoms with Crippen LogP contribution in [0.3, 0.4) is 0 Å². The first-order valence-electron chi connectivity index (χ1n) is 4.54. The Kier molecular flexibility index (Phi) is 2.74. The van der Waals surface area contributed by atoms with Gasteiger partial charge in [-0.05, 0) is 25.1 Å². The van der Waals surface area contributed by atoms with Gasteiger partial charge in [-0.15, -0.1) is 0 Å². The van der Waals surface area contributed by atoms with Crippen molar-refractivity contribution >= 4 is 28.9 Å². The number of nitrogen functional groups attached to an aromatic ring is 1. The van der Waals surface area contributed by atoms with Gasteiger partial charge >= 0.3 is 0 Å². The molecule has 0 saturated carbocycles. The van der Waals surface area contributed by atoms with Gasteiger partial charge in [0, 0.05) is 10.6 Å². The second kappa shape index (κ2) is 3.92. The summed E-state index contributed by atoms with van der Waals surface area (Å²) in [5.74, 6) is 0.162. The number of rotatable bonds is 1. The van der Waals surface area contributed by atoms with Crippen LogP contribution in [0.5, 0.6) is 5.95 Å². The molecule has 0 unspecified atom stereocenters. The third-order valence-corrected chi connectivity index (χ3v) is 2.89. The van der Waals surface area contributed by atoms with Crippen molar-refractivity contribution in [2.24, 2.45) is 0 Å². The molecular formula is C11H9Cl2NO2. The maximum Gasteiger partial charge on any atom is 0.287 e. The Labute approximate surface area is 102 Å². The number of hydrogen-bond acceptors (Lipinski definition) is 3. The predicted octanol–water partition coefficient (Wildman–Crippen LogP) is 3.85. The van der Waals surface area contributed by atoms with E-state index in [9.17, 15) is 5.11 Å². The zero-order valence-electron chi connectivity index (χ0n) is 8.42. The van der Waals surface area contributed by atoms with Gasteiger partial charge in [0.2, 0.25) is 0 Å². The van der Waals surface area contributed by atoms with Gasteiger partial charge < -0.3 is 15.3 Å². The zero-order valence-corrected chi connectivity index (χ0v) is 9.93. The molecule has 3 N–H and O–H groups in total. The van der Waals surface area contributed by atoms with Crippen LogP contribution in [0.15, 0.2) is 22.6 Å². The van der Waals surface area contributed by atoms with Gasteiger partial charge in [-0.2, -0.15) is 0 Å². The van der Waals surface area contributed by atoms with Crippen molar-refractivity contribution in [3.05, 3.63) is 33.8 Å². The molecule has 0 spiro atoms. The highest BCUT2D eigenvalue weighted by atomic mass is 35.5. The number of aromatic hydroxyl groups is 1. The molecular weight excluding hydrogens is 249 g/mol. The summed E-state index contributed by atoms with van der Waals surface area (Å²) in [5, 5.41) is 10.4. The van der Waals surface area contributed by atoms with E-state index in [1.165, 1.54) is 0 Å². The molecule has 0 radical (unpaired) electrons. The summed E-state index contributed by atoms with van der Waals surface area (Å²) < 4.78 is 5.15. The lowest BCUT2D eigenvalue weighted by atomic mass is 10.1. The topological polar surface area (TPSA) is 59.4 Å². The fourth-order valence-electron chi connectivity index (χ4n) is 1.39. The molecule has 0 aliphatic rings. The monoisotopic (exact) mass is 257 g/mol. The minimum atomic E-state index is -0.196. The van der Waals surface area contributed by atoms with Gasteiger partial charge in [0.1, 0.15) is 0 Å². The highest BCUT2D eigenvalue weighted by molar-refractivity contribution is 6.36. The molecule has 0 saturated heterocycles. The highest BCUT2D eigenvalue weighted by Crippen LogP contribution is 2.40. The van der Waals surface area contributed by atoms with Crippen molar-refractivity contribution in [2.75, 3.05) is 5.73 Å². The highest BCUT2D eigenvalue weighted by Gasteiger charge is 2.17. The molecule has 3 nitrogen and oxygen atoms in total. The van der Waals surface area contributed by atoms with Crippen LogP contribution in [0, 0.1) is 6.92 Å². The Morgan fingerprint density at radius 2 is 2.00 bits per heavy atom. The van der Waals surface area contributed by atoms with Crippen LogP contribution < -0.4 is 5.73 Å². The molecule has 5 heteroatoms. The van der Waals surface area contributed by atoms with Gasteiger partial charge in [-0.3, -0.25) is 0 Å². The maximum atomic E-state index is 9.41. The number of furan rings is 1. The number of halogens is 2. The lowest BCUT2D eigenvalue weighted by Gasteiger charge is -2.02. The van der Waals surface area contributed by atoms with Crippen molar-refractivity contribution < 1.29 is 9.52 Å². The molecule has 0 aliphatic heterocycles. The summed E-state index contributed by atoms with van der Waals surface area (Å²) >= 11 is 11.8.